The molecule has 27 heavy (non-hydrogen) atoms. The van der Waals surface area contributed by atoms with Crippen LogP contribution in [0, 0.1) is 6.92 Å². The van der Waals surface area contributed by atoms with Crippen molar-refractivity contribution < 1.29 is 18.3 Å². The summed E-state index contributed by atoms with van der Waals surface area (Å²) in [6.07, 6.45) is 1.89. The molecule has 0 aromatic carbocycles. The van der Waals surface area contributed by atoms with Crippen LogP contribution in [-0.2, 0) is 18.4 Å². The third kappa shape index (κ3) is 3.27. The van der Waals surface area contributed by atoms with E-state index in [-0.39, 0.29) is 17.7 Å². The molecule has 1 fully saturated rings. The smallest absolute Gasteiger partial charge is 0.339 e. The zero-order chi connectivity index (χ0) is 19.1. The van der Waals surface area contributed by atoms with Crippen molar-refractivity contribution in [3.63, 3.8) is 0 Å². The molecule has 8 heteroatoms. The zero-order valence-electron chi connectivity index (χ0n) is 14.9. The first-order chi connectivity index (χ1) is 13.0. The van der Waals surface area contributed by atoms with Gasteiger partial charge in [0.2, 0.25) is 0 Å². The molecule has 0 saturated heterocycles. The van der Waals surface area contributed by atoms with Gasteiger partial charge >= 0.3 is 5.97 Å². The van der Waals surface area contributed by atoms with Crippen LogP contribution in [0.3, 0.4) is 0 Å². The number of esters is 1. The summed E-state index contributed by atoms with van der Waals surface area (Å²) in [5.41, 5.74) is 2.52. The molecule has 3 heterocycles. The third-order valence-corrected chi connectivity index (χ3v) is 4.74. The molecule has 0 aliphatic heterocycles. The minimum Gasteiger partial charge on any atom is -0.457 e. The number of pyridine rings is 2. The molecular formula is C19H18F2N4O2. The van der Waals surface area contributed by atoms with E-state index in [1.807, 2.05) is 0 Å². The van der Waals surface area contributed by atoms with Crippen LogP contribution in [-0.4, -0.2) is 25.7 Å². The van der Waals surface area contributed by atoms with Crippen molar-refractivity contribution in [2.45, 2.75) is 38.7 Å². The Bertz CT molecular complexity index is 1030. The van der Waals surface area contributed by atoms with Gasteiger partial charge in [0.05, 0.1) is 16.6 Å². The molecule has 0 unspecified atom stereocenters. The van der Waals surface area contributed by atoms with Crippen molar-refractivity contribution >= 4 is 17.0 Å². The summed E-state index contributed by atoms with van der Waals surface area (Å²) in [6, 6.07) is 3.18. The highest BCUT2D eigenvalue weighted by Crippen LogP contribution is 2.40. The molecule has 0 radical (unpaired) electrons. The fourth-order valence-corrected chi connectivity index (χ4v) is 3.20. The Morgan fingerprint density at radius 2 is 2.19 bits per heavy atom. The minimum atomic E-state index is -2.68. The summed E-state index contributed by atoms with van der Waals surface area (Å²) in [5, 5.41) is 4.98. The predicted molar refractivity (Wildman–Crippen MR) is 93.5 cm³/mol. The van der Waals surface area contributed by atoms with Crippen LogP contribution in [0.4, 0.5) is 8.78 Å². The Morgan fingerprint density at radius 1 is 1.41 bits per heavy atom. The van der Waals surface area contributed by atoms with E-state index in [1.54, 1.807) is 24.7 Å². The van der Waals surface area contributed by atoms with Gasteiger partial charge in [-0.3, -0.25) is 9.67 Å². The van der Waals surface area contributed by atoms with Crippen molar-refractivity contribution in [1.29, 1.82) is 0 Å². The molecule has 0 amide bonds. The molecule has 3 aromatic heterocycles. The van der Waals surface area contributed by atoms with E-state index < -0.39 is 12.4 Å². The second-order valence-corrected chi connectivity index (χ2v) is 6.73. The predicted octanol–water partition coefficient (Wildman–Crippen LogP) is 3.84. The number of carbonyl (C=O) groups is 1. The van der Waals surface area contributed by atoms with Gasteiger partial charge in [0.15, 0.2) is 5.65 Å². The molecule has 0 bridgehead atoms. The van der Waals surface area contributed by atoms with Gasteiger partial charge in [-0.05, 0) is 31.9 Å². The van der Waals surface area contributed by atoms with Gasteiger partial charge in [0.25, 0.3) is 6.43 Å². The second kappa shape index (κ2) is 6.68. The first-order valence-corrected chi connectivity index (χ1v) is 8.68. The van der Waals surface area contributed by atoms with Crippen molar-refractivity contribution in [2.24, 2.45) is 7.05 Å². The lowest BCUT2D eigenvalue weighted by Crippen LogP contribution is -2.09. The Labute approximate surface area is 154 Å². The molecule has 6 nitrogen and oxygen atoms in total. The lowest BCUT2D eigenvalue weighted by Gasteiger charge is -2.11. The normalized spacial score (nSPS) is 14.1. The quantitative estimate of drug-likeness (QED) is 0.637. The van der Waals surface area contributed by atoms with E-state index in [9.17, 15) is 13.6 Å². The number of hydrogen-bond donors (Lipinski definition) is 0. The molecule has 0 spiro atoms. The average molecular weight is 372 g/mol. The van der Waals surface area contributed by atoms with E-state index in [2.05, 4.69) is 15.1 Å². The van der Waals surface area contributed by atoms with E-state index >= 15 is 0 Å². The standard InChI is InChI=1S/C19H18F2N4O2/c1-10-16-13(7-15(11-3-4-11)23-18(16)25(2)24-10)19(26)27-9-12-5-6-22-8-14(12)17(20)21/h5-8,11,17H,3-4,9H2,1-2H3. The molecule has 1 aliphatic carbocycles. The highest BCUT2D eigenvalue weighted by atomic mass is 19.3. The van der Waals surface area contributed by atoms with Crippen molar-refractivity contribution in [3.05, 3.63) is 52.6 Å². The summed E-state index contributed by atoms with van der Waals surface area (Å²) in [4.78, 5) is 21.1. The topological polar surface area (TPSA) is 69.9 Å². The number of aromatic nitrogens is 4. The van der Waals surface area contributed by atoms with Crippen molar-refractivity contribution in [2.75, 3.05) is 0 Å². The Morgan fingerprint density at radius 3 is 2.89 bits per heavy atom. The van der Waals surface area contributed by atoms with E-state index in [1.165, 1.54) is 12.3 Å². The van der Waals surface area contributed by atoms with E-state index in [0.29, 0.717) is 28.2 Å². The second-order valence-electron chi connectivity index (χ2n) is 6.73. The molecule has 1 saturated carbocycles. The van der Waals surface area contributed by atoms with Crippen LogP contribution in [0.15, 0.2) is 24.5 Å². The fourth-order valence-electron chi connectivity index (χ4n) is 3.20. The highest BCUT2D eigenvalue weighted by molar-refractivity contribution is 6.03. The summed E-state index contributed by atoms with van der Waals surface area (Å²) in [7, 11) is 1.78. The lowest BCUT2D eigenvalue weighted by molar-refractivity contribution is 0.0467. The van der Waals surface area contributed by atoms with E-state index in [0.717, 1.165) is 24.7 Å². The molecule has 4 rings (SSSR count). The van der Waals surface area contributed by atoms with E-state index in [4.69, 9.17) is 4.74 Å². The lowest BCUT2D eigenvalue weighted by atomic mass is 10.1. The third-order valence-electron chi connectivity index (χ3n) is 4.74. The van der Waals surface area contributed by atoms with Gasteiger partial charge < -0.3 is 4.74 Å². The summed E-state index contributed by atoms with van der Waals surface area (Å²) in [5.74, 6) is -0.223. The van der Waals surface area contributed by atoms with Gasteiger partial charge in [-0.15, -0.1) is 0 Å². The number of nitrogens with zero attached hydrogens (tertiary/aromatic N) is 4. The zero-order valence-corrected chi connectivity index (χ0v) is 14.9. The summed E-state index contributed by atoms with van der Waals surface area (Å²) in [6.45, 7) is 1.55. The number of aryl methyl sites for hydroxylation is 2. The van der Waals surface area contributed by atoms with Gasteiger partial charge in [-0.2, -0.15) is 5.10 Å². The number of halogens is 2. The number of hydrogen-bond acceptors (Lipinski definition) is 5. The minimum absolute atomic E-state index is 0.235. The average Bonchev–Trinajstić information content (AvgIpc) is 3.46. The number of carbonyl (C=O) groups excluding carboxylic acids is 1. The summed E-state index contributed by atoms with van der Waals surface area (Å²) < 4.78 is 33.2. The van der Waals surface area contributed by atoms with Gasteiger partial charge in [-0.1, -0.05) is 0 Å². The first kappa shape index (κ1) is 17.5. The monoisotopic (exact) mass is 372 g/mol. The van der Waals surface area contributed by atoms with Crippen LogP contribution < -0.4 is 0 Å². The summed E-state index contributed by atoms with van der Waals surface area (Å²) >= 11 is 0. The van der Waals surface area contributed by atoms with Crippen LogP contribution in [0.5, 0.6) is 0 Å². The Kier molecular flexibility index (Phi) is 4.33. The molecule has 3 aromatic rings. The molecule has 0 atom stereocenters. The van der Waals surface area contributed by atoms with Gasteiger partial charge in [-0.25, -0.2) is 18.6 Å². The van der Waals surface area contributed by atoms with Crippen molar-refractivity contribution in [1.82, 2.24) is 19.7 Å². The SMILES string of the molecule is Cc1nn(C)c2nc(C3CC3)cc(C(=O)OCc3ccncc3C(F)F)c12. The number of alkyl halides is 2. The molecule has 140 valence electrons. The highest BCUT2D eigenvalue weighted by Gasteiger charge is 2.29. The maximum Gasteiger partial charge on any atom is 0.339 e. The molecule has 0 N–H and O–H groups in total. The number of ether oxygens (including phenoxy) is 1. The molecular weight excluding hydrogens is 354 g/mol. The van der Waals surface area contributed by atoms with Crippen molar-refractivity contribution in [3.8, 4) is 0 Å². The van der Waals surface area contributed by atoms with Crippen LogP contribution in [0.2, 0.25) is 0 Å². The maximum absolute atomic E-state index is 13.1. The van der Waals surface area contributed by atoms with Gasteiger partial charge in [0, 0.05) is 42.2 Å². The maximum atomic E-state index is 13.1. The van der Waals surface area contributed by atoms with Crippen LogP contribution in [0.1, 0.15) is 58.1 Å². The Hall–Kier alpha value is -2.90. The van der Waals surface area contributed by atoms with Gasteiger partial charge in [0.1, 0.15) is 6.61 Å². The number of fused-ring (bicyclic) bond motifs is 1. The van der Waals surface area contributed by atoms with Crippen LogP contribution in [0.25, 0.3) is 11.0 Å². The molecule has 1 aliphatic rings. The first-order valence-electron chi connectivity index (χ1n) is 8.68. The largest absolute Gasteiger partial charge is 0.457 e. The Balaban J connectivity index is 1.67. The number of rotatable bonds is 5. The van der Waals surface area contributed by atoms with Crippen LogP contribution >= 0.6 is 0 Å². The fraction of sp³-hybridized carbons (Fsp3) is 0.368.